The number of nitrogens with one attached hydrogen (secondary N) is 2. The molecule has 3 aromatic carbocycles. The quantitative estimate of drug-likeness (QED) is 0.202. The van der Waals surface area contributed by atoms with E-state index in [1.165, 1.54) is 48.7 Å². The largest absolute Gasteiger partial charge is 0.456 e. The van der Waals surface area contributed by atoms with Crippen LogP contribution in [0.25, 0.3) is 10.9 Å². The van der Waals surface area contributed by atoms with Gasteiger partial charge in [0, 0.05) is 21.6 Å². The van der Waals surface area contributed by atoms with Crippen molar-refractivity contribution < 1.29 is 32.3 Å². The first-order chi connectivity index (χ1) is 20.3. The van der Waals surface area contributed by atoms with Crippen molar-refractivity contribution >= 4 is 73.5 Å². The van der Waals surface area contributed by atoms with Crippen molar-refractivity contribution in [3.8, 4) is 0 Å². The molecule has 0 bridgehead atoms. The summed E-state index contributed by atoms with van der Waals surface area (Å²) in [5.41, 5.74) is -0.923. The number of ether oxygens (including phenoxy) is 2. The highest BCUT2D eigenvalue weighted by Crippen LogP contribution is 2.30. The molecular formula is C31H31Cl2N3O7S. The zero-order valence-corrected chi connectivity index (χ0v) is 27.1. The highest BCUT2D eigenvalue weighted by Gasteiger charge is 2.26. The van der Waals surface area contributed by atoms with E-state index >= 15 is 0 Å². The Kier molecular flexibility index (Phi) is 9.06. The lowest BCUT2D eigenvalue weighted by Crippen LogP contribution is -2.27. The molecule has 0 fully saturated rings. The predicted molar refractivity (Wildman–Crippen MR) is 170 cm³/mol. The molecule has 0 unspecified atom stereocenters. The van der Waals surface area contributed by atoms with Gasteiger partial charge in [-0.25, -0.2) is 18.0 Å². The van der Waals surface area contributed by atoms with E-state index in [1.807, 2.05) is 0 Å². The van der Waals surface area contributed by atoms with Crippen LogP contribution >= 0.6 is 23.2 Å². The monoisotopic (exact) mass is 659 g/mol. The molecule has 44 heavy (non-hydrogen) atoms. The topological polar surface area (TPSA) is 133 Å². The molecule has 0 saturated carbocycles. The molecule has 0 aliphatic rings. The number of benzene rings is 3. The molecule has 4 aromatic rings. The summed E-state index contributed by atoms with van der Waals surface area (Å²) in [5.74, 6) is -1.25. The van der Waals surface area contributed by atoms with Crippen LogP contribution in [-0.4, -0.2) is 42.2 Å². The van der Waals surface area contributed by atoms with Gasteiger partial charge in [-0.2, -0.15) is 0 Å². The predicted octanol–water partition coefficient (Wildman–Crippen LogP) is 7.74. The molecule has 232 valence electrons. The van der Waals surface area contributed by atoms with Crippen LogP contribution in [0, 0.1) is 0 Å². The summed E-state index contributed by atoms with van der Waals surface area (Å²) >= 11 is 12.0. The van der Waals surface area contributed by atoms with Gasteiger partial charge in [-0.15, -0.1) is 0 Å². The van der Waals surface area contributed by atoms with Gasteiger partial charge >= 0.3 is 12.1 Å². The van der Waals surface area contributed by atoms with E-state index in [0.717, 1.165) is 4.57 Å². The number of aromatic nitrogens is 1. The first-order valence-electron chi connectivity index (χ1n) is 13.3. The highest BCUT2D eigenvalue weighted by molar-refractivity contribution is 7.92. The standard InChI is InChI=1S/C31H31Cl2N3O7S/c1-30(2,3)42-28(38)23-9-7-8-10-25(23)34-27(37)24-17-36(29(39)43-31(4,5)6)26-16-20(11-12-22(24)26)35-44(40,41)21-14-18(32)13-19(33)15-21/h7-17,35H,1-6H3,(H,34,37). The third-order valence-electron chi connectivity index (χ3n) is 5.83. The van der Waals surface area contributed by atoms with E-state index in [2.05, 4.69) is 10.0 Å². The van der Waals surface area contributed by atoms with Crippen LogP contribution in [-0.2, 0) is 19.5 Å². The van der Waals surface area contributed by atoms with Crippen LogP contribution in [0.3, 0.4) is 0 Å². The molecule has 1 heterocycles. The fourth-order valence-electron chi connectivity index (χ4n) is 4.12. The van der Waals surface area contributed by atoms with Crippen LogP contribution in [0.15, 0.2) is 71.8 Å². The molecule has 4 rings (SSSR count). The molecule has 1 amide bonds. The summed E-state index contributed by atoms with van der Waals surface area (Å²) in [6.45, 7) is 10.3. The first-order valence-corrected chi connectivity index (χ1v) is 15.6. The first kappa shape index (κ1) is 32.8. The van der Waals surface area contributed by atoms with Gasteiger partial charge in [-0.05, 0) is 90.1 Å². The third-order valence-corrected chi connectivity index (χ3v) is 7.63. The van der Waals surface area contributed by atoms with Crippen molar-refractivity contribution in [2.75, 3.05) is 10.0 Å². The fraction of sp³-hybridized carbons (Fsp3) is 0.258. The molecule has 0 saturated heterocycles. The summed E-state index contributed by atoms with van der Waals surface area (Å²) in [6, 6.07) is 14.6. The highest BCUT2D eigenvalue weighted by atomic mass is 35.5. The number of fused-ring (bicyclic) bond motifs is 1. The Morgan fingerprint density at radius 3 is 2.02 bits per heavy atom. The number of nitrogens with zero attached hydrogens (tertiary/aromatic N) is 1. The number of carbonyl (C=O) groups excluding carboxylic acids is 3. The van der Waals surface area contributed by atoms with Crippen LogP contribution in [0.5, 0.6) is 0 Å². The minimum Gasteiger partial charge on any atom is -0.456 e. The Morgan fingerprint density at radius 2 is 1.41 bits per heavy atom. The number of hydrogen-bond donors (Lipinski definition) is 2. The number of esters is 1. The van der Waals surface area contributed by atoms with E-state index in [9.17, 15) is 22.8 Å². The molecular weight excluding hydrogens is 629 g/mol. The Labute approximate surface area is 265 Å². The van der Waals surface area contributed by atoms with Crippen molar-refractivity contribution in [2.24, 2.45) is 0 Å². The molecule has 1 aromatic heterocycles. The van der Waals surface area contributed by atoms with Crippen LogP contribution in [0.2, 0.25) is 10.0 Å². The SMILES string of the molecule is CC(C)(C)OC(=O)c1ccccc1NC(=O)c1cn(C(=O)OC(C)(C)C)c2cc(NS(=O)(=O)c3cc(Cl)cc(Cl)c3)ccc12. The Bertz CT molecular complexity index is 1870. The summed E-state index contributed by atoms with van der Waals surface area (Å²) in [4.78, 5) is 39.5. The average molecular weight is 661 g/mol. The van der Waals surface area contributed by atoms with Crippen LogP contribution in [0.1, 0.15) is 62.3 Å². The molecule has 2 N–H and O–H groups in total. The second kappa shape index (κ2) is 12.1. The van der Waals surface area contributed by atoms with E-state index in [0.29, 0.717) is 5.39 Å². The van der Waals surface area contributed by atoms with Crippen LogP contribution < -0.4 is 10.0 Å². The van der Waals surface area contributed by atoms with Crippen molar-refractivity contribution in [1.29, 1.82) is 0 Å². The lowest BCUT2D eigenvalue weighted by molar-refractivity contribution is 0.00704. The molecule has 0 radical (unpaired) electrons. The van der Waals surface area contributed by atoms with E-state index < -0.39 is 39.2 Å². The Balaban J connectivity index is 1.75. The van der Waals surface area contributed by atoms with E-state index in [-0.39, 0.29) is 43.0 Å². The second-order valence-corrected chi connectivity index (χ2v) is 14.4. The lowest BCUT2D eigenvalue weighted by atomic mass is 10.1. The number of carbonyl (C=O) groups is 3. The number of anilines is 2. The number of halogens is 2. The van der Waals surface area contributed by atoms with Gasteiger partial charge < -0.3 is 14.8 Å². The summed E-state index contributed by atoms with van der Waals surface area (Å²) in [7, 11) is -4.13. The third kappa shape index (κ3) is 7.90. The number of hydrogen-bond acceptors (Lipinski definition) is 7. The van der Waals surface area contributed by atoms with Gasteiger partial charge in [-0.3, -0.25) is 14.1 Å². The van der Waals surface area contributed by atoms with Gasteiger partial charge in [0.05, 0.1) is 32.9 Å². The normalized spacial score (nSPS) is 12.1. The maximum atomic E-state index is 13.6. The molecule has 10 nitrogen and oxygen atoms in total. The van der Waals surface area contributed by atoms with Gasteiger partial charge in [0.25, 0.3) is 15.9 Å². The molecule has 13 heteroatoms. The smallest absolute Gasteiger partial charge is 0.419 e. The number of rotatable bonds is 6. The summed E-state index contributed by atoms with van der Waals surface area (Å²) in [6.07, 6.45) is 0.497. The van der Waals surface area contributed by atoms with Gasteiger partial charge in [0.15, 0.2) is 0 Å². The van der Waals surface area contributed by atoms with Crippen molar-refractivity contribution in [3.63, 3.8) is 0 Å². The van der Waals surface area contributed by atoms with E-state index in [1.54, 1.807) is 59.7 Å². The second-order valence-electron chi connectivity index (χ2n) is 11.8. The lowest BCUT2D eigenvalue weighted by Gasteiger charge is -2.20. The number of sulfonamides is 1. The van der Waals surface area contributed by atoms with E-state index in [4.69, 9.17) is 32.7 Å². The maximum Gasteiger partial charge on any atom is 0.419 e. The van der Waals surface area contributed by atoms with Crippen molar-refractivity contribution in [2.45, 2.75) is 57.6 Å². The molecule has 0 aliphatic carbocycles. The van der Waals surface area contributed by atoms with Crippen molar-refractivity contribution in [1.82, 2.24) is 4.57 Å². The minimum absolute atomic E-state index is 0.0703. The zero-order chi connectivity index (χ0) is 32.6. The number of amides is 1. The Morgan fingerprint density at radius 1 is 0.795 bits per heavy atom. The summed E-state index contributed by atoms with van der Waals surface area (Å²) < 4.78 is 40.8. The maximum absolute atomic E-state index is 13.6. The minimum atomic E-state index is -4.13. The summed E-state index contributed by atoms with van der Waals surface area (Å²) in [5, 5.41) is 3.32. The van der Waals surface area contributed by atoms with Crippen molar-refractivity contribution in [3.05, 3.63) is 88.0 Å². The fourth-order valence-corrected chi connectivity index (χ4v) is 5.90. The Hall–Kier alpha value is -4.06. The van der Waals surface area contributed by atoms with Gasteiger partial charge in [0.1, 0.15) is 11.2 Å². The molecule has 0 spiro atoms. The zero-order valence-electron chi connectivity index (χ0n) is 24.8. The van der Waals surface area contributed by atoms with Crippen LogP contribution in [0.4, 0.5) is 16.2 Å². The number of para-hydroxylation sites is 1. The molecule has 0 aliphatic heterocycles. The van der Waals surface area contributed by atoms with Gasteiger partial charge in [-0.1, -0.05) is 35.3 Å². The van der Waals surface area contributed by atoms with Gasteiger partial charge in [0.2, 0.25) is 0 Å². The average Bonchev–Trinajstić information content (AvgIpc) is 3.25. The molecule has 0 atom stereocenters.